The van der Waals surface area contributed by atoms with Gasteiger partial charge in [-0.1, -0.05) is 24.3 Å². The maximum Gasteiger partial charge on any atom is 0.0147 e. The standard InChI is InChI=1S/C18H10I4/c19-15-5-13(6-16(20)9-15)11-1-2-12(4-3-11)14-7-17(21)10-18(22)8-14/h1-10H. The van der Waals surface area contributed by atoms with Gasteiger partial charge >= 0.3 is 0 Å². The number of halogens is 4. The van der Waals surface area contributed by atoms with Crippen LogP contribution in [0.2, 0.25) is 0 Å². The lowest BCUT2D eigenvalue weighted by molar-refractivity contribution is 1.53. The van der Waals surface area contributed by atoms with Gasteiger partial charge in [0, 0.05) is 14.3 Å². The average molecular weight is 734 g/mol. The predicted molar refractivity (Wildman–Crippen MR) is 128 cm³/mol. The minimum atomic E-state index is 1.26. The Bertz CT molecular complexity index is 712. The molecule has 110 valence electrons. The summed E-state index contributed by atoms with van der Waals surface area (Å²) in [6, 6.07) is 22.1. The normalized spacial score (nSPS) is 10.7. The summed E-state index contributed by atoms with van der Waals surface area (Å²) in [4.78, 5) is 0. The molecule has 0 aliphatic carbocycles. The van der Waals surface area contributed by atoms with Gasteiger partial charge in [0.15, 0.2) is 0 Å². The Morgan fingerprint density at radius 3 is 0.909 bits per heavy atom. The molecule has 0 radical (unpaired) electrons. The van der Waals surface area contributed by atoms with Crippen molar-refractivity contribution in [3.05, 3.63) is 74.9 Å². The van der Waals surface area contributed by atoms with Gasteiger partial charge < -0.3 is 0 Å². The largest absolute Gasteiger partial charge is 0.0538 e. The zero-order chi connectivity index (χ0) is 15.7. The Hall–Kier alpha value is 0.580. The van der Waals surface area contributed by atoms with Crippen LogP contribution in [0.25, 0.3) is 22.3 Å². The third kappa shape index (κ3) is 4.35. The van der Waals surface area contributed by atoms with Gasteiger partial charge in [-0.25, -0.2) is 0 Å². The first kappa shape index (κ1) is 17.4. The van der Waals surface area contributed by atoms with E-state index in [4.69, 9.17) is 0 Å². The molecule has 0 atom stereocenters. The van der Waals surface area contributed by atoms with E-state index in [0.717, 1.165) is 0 Å². The Balaban J connectivity index is 1.98. The maximum absolute atomic E-state index is 2.37. The zero-order valence-electron chi connectivity index (χ0n) is 11.3. The van der Waals surface area contributed by atoms with E-state index in [9.17, 15) is 0 Å². The lowest BCUT2D eigenvalue weighted by Crippen LogP contribution is -1.85. The van der Waals surface area contributed by atoms with E-state index in [1.54, 1.807) is 0 Å². The highest BCUT2D eigenvalue weighted by molar-refractivity contribution is 14.1. The summed E-state index contributed by atoms with van der Waals surface area (Å²) in [5.74, 6) is 0. The van der Waals surface area contributed by atoms with E-state index in [1.807, 2.05) is 0 Å². The second-order valence-corrected chi connectivity index (χ2v) is 9.88. The van der Waals surface area contributed by atoms with Crippen LogP contribution in [0.1, 0.15) is 0 Å². The number of benzene rings is 3. The predicted octanol–water partition coefficient (Wildman–Crippen LogP) is 7.44. The molecule has 0 aliphatic heterocycles. The minimum Gasteiger partial charge on any atom is -0.0538 e. The van der Waals surface area contributed by atoms with Gasteiger partial charge in [0.25, 0.3) is 0 Å². The quantitative estimate of drug-likeness (QED) is 0.241. The summed E-state index contributed by atoms with van der Waals surface area (Å²) >= 11 is 9.50. The van der Waals surface area contributed by atoms with Crippen molar-refractivity contribution in [1.82, 2.24) is 0 Å². The molecule has 0 N–H and O–H groups in total. The molecule has 0 unspecified atom stereocenters. The van der Waals surface area contributed by atoms with E-state index >= 15 is 0 Å². The summed E-state index contributed by atoms with van der Waals surface area (Å²) < 4.78 is 5.10. The molecule has 0 amide bonds. The van der Waals surface area contributed by atoms with Crippen molar-refractivity contribution in [1.29, 1.82) is 0 Å². The fourth-order valence-corrected chi connectivity index (χ4v) is 6.17. The topological polar surface area (TPSA) is 0 Å². The van der Waals surface area contributed by atoms with Gasteiger partial charge in [-0.2, -0.15) is 0 Å². The highest BCUT2D eigenvalue weighted by atomic mass is 127. The van der Waals surface area contributed by atoms with Crippen molar-refractivity contribution in [3.8, 4) is 22.3 Å². The van der Waals surface area contributed by atoms with E-state index in [1.165, 1.54) is 36.5 Å². The Morgan fingerprint density at radius 2 is 0.636 bits per heavy atom. The molecular formula is C18H10I4. The monoisotopic (exact) mass is 734 g/mol. The minimum absolute atomic E-state index is 1.26. The number of hydrogen-bond acceptors (Lipinski definition) is 0. The average Bonchev–Trinajstić information content (AvgIpc) is 2.45. The third-order valence-electron chi connectivity index (χ3n) is 3.28. The fourth-order valence-electron chi connectivity index (χ4n) is 2.30. The second kappa shape index (κ2) is 7.64. The van der Waals surface area contributed by atoms with Crippen LogP contribution < -0.4 is 0 Å². The number of hydrogen-bond donors (Lipinski definition) is 0. The lowest BCUT2D eigenvalue weighted by Gasteiger charge is -2.07. The summed E-state index contributed by atoms with van der Waals surface area (Å²) in [6.07, 6.45) is 0. The van der Waals surface area contributed by atoms with Crippen LogP contribution in [0.15, 0.2) is 60.7 Å². The van der Waals surface area contributed by atoms with Crippen LogP contribution in [0.3, 0.4) is 0 Å². The van der Waals surface area contributed by atoms with Crippen LogP contribution >= 0.6 is 90.4 Å². The van der Waals surface area contributed by atoms with Crippen LogP contribution in [-0.2, 0) is 0 Å². The van der Waals surface area contributed by atoms with Crippen molar-refractivity contribution in [2.75, 3.05) is 0 Å². The van der Waals surface area contributed by atoms with E-state index in [2.05, 4.69) is 151 Å². The third-order valence-corrected chi connectivity index (χ3v) is 5.77. The molecule has 0 saturated heterocycles. The molecule has 0 spiro atoms. The molecule has 0 bridgehead atoms. The molecule has 4 heteroatoms. The SMILES string of the molecule is Ic1cc(I)cc(-c2ccc(-c3cc(I)cc(I)c3)cc2)c1. The molecular weight excluding hydrogens is 724 g/mol. The van der Waals surface area contributed by atoms with Crippen LogP contribution in [0.4, 0.5) is 0 Å². The second-order valence-electron chi connectivity index (χ2n) is 4.89. The van der Waals surface area contributed by atoms with Crippen molar-refractivity contribution in [2.45, 2.75) is 0 Å². The lowest BCUT2D eigenvalue weighted by atomic mass is 10.0. The van der Waals surface area contributed by atoms with Gasteiger partial charge in [-0.3, -0.25) is 0 Å². The molecule has 22 heavy (non-hydrogen) atoms. The van der Waals surface area contributed by atoms with E-state index < -0.39 is 0 Å². The molecule has 3 aromatic rings. The van der Waals surface area contributed by atoms with Gasteiger partial charge in [0.1, 0.15) is 0 Å². The molecule has 3 rings (SSSR count). The molecule has 3 aromatic carbocycles. The van der Waals surface area contributed by atoms with Gasteiger partial charge in [-0.15, -0.1) is 0 Å². The first-order valence-corrected chi connectivity index (χ1v) is 10.9. The van der Waals surface area contributed by atoms with Crippen molar-refractivity contribution in [3.63, 3.8) is 0 Å². The van der Waals surface area contributed by atoms with Crippen molar-refractivity contribution >= 4 is 90.4 Å². The molecule has 0 saturated carbocycles. The van der Waals surface area contributed by atoms with Gasteiger partial charge in [0.2, 0.25) is 0 Å². The van der Waals surface area contributed by atoms with Crippen molar-refractivity contribution < 1.29 is 0 Å². The molecule has 0 heterocycles. The highest BCUT2D eigenvalue weighted by Gasteiger charge is 2.04. The number of rotatable bonds is 2. The first-order valence-electron chi connectivity index (χ1n) is 6.54. The summed E-state index contributed by atoms with van der Waals surface area (Å²) in [5, 5.41) is 0. The molecule has 0 aromatic heterocycles. The van der Waals surface area contributed by atoms with E-state index in [-0.39, 0.29) is 0 Å². The van der Waals surface area contributed by atoms with Crippen molar-refractivity contribution in [2.24, 2.45) is 0 Å². The first-order chi connectivity index (χ1) is 10.5. The Morgan fingerprint density at radius 1 is 0.364 bits per heavy atom. The van der Waals surface area contributed by atoms with E-state index in [0.29, 0.717) is 0 Å². The molecule has 0 fully saturated rings. The Labute approximate surface area is 185 Å². The highest BCUT2D eigenvalue weighted by Crippen LogP contribution is 2.29. The summed E-state index contributed by atoms with van der Waals surface area (Å²) in [7, 11) is 0. The van der Waals surface area contributed by atoms with Crippen LogP contribution in [0.5, 0.6) is 0 Å². The van der Waals surface area contributed by atoms with Gasteiger partial charge in [-0.05, 0) is 149 Å². The smallest absolute Gasteiger partial charge is 0.0147 e. The fraction of sp³-hybridized carbons (Fsp3) is 0. The van der Waals surface area contributed by atoms with Crippen LogP contribution in [0, 0.1) is 14.3 Å². The zero-order valence-corrected chi connectivity index (χ0v) is 19.9. The molecule has 0 aliphatic rings. The Kier molecular flexibility index (Phi) is 6.05. The van der Waals surface area contributed by atoms with Gasteiger partial charge in [0.05, 0.1) is 0 Å². The summed E-state index contributed by atoms with van der Waals surface area (Å²) in [6.45, 7) is 0. The van der Waals surface area contributed by atoms with Crippen LogP contribution in [-0.4, -0.2) is 0 Å². The molecule has 0 nitrogen and oxygen atoms in total. The summed E-state index contributed by atoms with van der Waals surface area (Å²) in [5.41, 5.74) is 5.08. The maximum atomic E-state index is 2.37.